The van der Waals surface area contributed by atoms with Crippen molar-refractivity contribution in [1.29, 1.82) is 0 Å². The summed E-state index contributed by atoms with van der Waals surface area (Å²) >= 11 is 0. The van der Waals surface area contributed by atoms with Crippen molar-refractivity contribution in [3.05, 3.63) is 29.3 Å². The predicted octanol–water partition coefficient (Wildman–Crippen LogP) is 0.654. The molecule has 8 heteroatoms. The SMILES string of the molecule is O=C1NC(=O)C2(CCC3(O)C4C(O)c5ccc(O)cc5C3(CCN4CC3CC3)C2)N1. The molecule has 2 heterocycles. The maximum absolute atomic E-state index is 12.8. The van der Waals surface area contributed by atoms with Gasteiger partial charge >= 0.3 is 6.03 Å². The summed E-state index contributed by atoms with van der Waals surface area (Å²) < 4.78 is 0. The predicted molar refractivity (Wildman–Crippen MR) is 106 cm³/mol. The summed E-state index contributed by atoms with van der Waals surface area (Å²) in [5, 5.41) is 39.1. The van der Waals surface area contributed by atoms with Gasteiger partial charge in [-0.1, -0.05) is 6.07 Å². The molecule has 160 valence electrons. The van der Waals surface area contributed by atoms with E-state index in [4.69, 9.17) is 0 Å². The first kappa shape index (κ1) is 18.6. The standard InChI is InChI=1S/C22H27N3O5/c26-13-3-4-14-15(9-13)20-7-8-25(10-12-1-2-12)17(16(14)27)22(20,30)6-5-21(11-20)18(28)23-19(29)24-21/h3-4,9,12,16-17,26-27,30H,1-2,5-8,10-11H2,(H2,23,24,28,29). The molecule has 5 unspecified atom stereocenters. The number of imide groups is 1. The van der Waals surface area contributed by atoms with E-state index >= 15 is 0 Å². The van der Waals surface area contributed by atoms with E-state index in [9.17, 15) is 24.9 Å². The molecule has 30 heavy (non-hydrogen) atoms. The number of piperidine rings is 1. The number of phenols is 1. The summed E-state index contributed by atoms with van der Waals surface area (Å²) in [5.74, 6) is 0.328. The summed E-state index contributed by atoms with van der Waals surface area (Å²) in [4.78, 5) is 27.0. The van der Waals surface area contributed by atoms with Gasteiger partial charge in [0, 0.05) is 12.0 Å². The average molecular weight is 413 g/mol. The smallest absolute Gasteiger partial charge is 0.322 e. The summed E-state index contributed by atoms with van der Waals surface area (Å²) in [6, 6.07) is 3.95. The number of fused-ring (bicyclic) bond motifs is 1. The van der Waals surface area contributed by atoms with E-state index in [2.05, 4.69) is 15.5 Å². The van der Waals surface area contributed by atoms with E-state index in [1.165, 1.54) is 12.8 Å². The van der Waals surface area contributed by atoms with E-state index in [1.807, 2.05) is 0 Å². The zero-order chi connectivity index (χ0) is 20.9. The molecule has 3 aliphatic carbocycles. The van der Waals surface area contributed by atoms with Gasteiger partial charge in [0.1, 0.15) is 11.3 Å². The summed E-state index contributed by atoms with van der Waals surface area (Å²) in [6.07, 6.45) is 2.95. The summed E-state index contributed by atoms with van der Waals surface area (Å²) in [5.41, 5.74) is -1.76. The van der Waals surface area contributed by atoms with Crippen molar-refractivity contribution in [1.82, 2.24) is 15.5 Å². The van der Waals surface area contributed by atoms with Crippen LogP contribution < -0.4 is 10.6 Å². The van der Waals surface area contributed by atoms with Gasteiger partial charge in [0.15, 0.2) is 0 Å². The van der Waals surface area contributed by atoms with Crippen molar-refractivity contribution >= 4 is 11.9 Å². The van der Waals surface area contributed by atoms with Crippen LogP contribution in [0, 0.1) is 5.92 Å². The first-order valence-corrected chi connectivity index (χ1v) is 10.9. The van der Waals surface area contributed by atoms with Crippen LogP contribution in [0.25, 0.3) is 0 Å². The normalized spacial score (nSPS) is 42.5. The molecule has 5 atom stereocenters. The first-order chi connectivity index (χ1) is 14.3. The highest BCUT2D eigenvalue weighted by atomic mass is 16.3. The zero-order valence-electron chi connectivity index (χ0n) is 16.7. The van der Waals surface area contributed by atoms with Gasteiger partial charge in [-0.3, -0.25) is 15.0 Å². The lowest BCUT2D eigenvalue weighted by molar-refractivity contribution is -0.207. The fourth-order valence-electron chi connectivity index (χ4n) is 6.89. The molecule has 5 N–H and O–H groups in total. The molecule has 1 spiro atoms. The number of rotatable bonds is 2. The minimum absolute atomic E-state index is 0.0658. The van der Waals surface area contributed by atoms with Crippen LogP contribution in [0.15, 0.2) is 18.2 Å². The lowest BCUT2D eigenvalue weighted by Crippen LogP contribution is -2.77. The number of urea groups is 1. The quantitative estimate of drug-likeness (QED) is 0.454. The van der Waals surface area contributed by atoms with Crippen molar-refractivity contribution in [3.8, 4) is 5.75 Å². The fourth-order valence-corrected chi connectivity index (χ4v) is 6.89. The number of nitrogens with zero attached hydrogens (tertiary/aromatic N) is 1. The number of benzene rings is 1. The first-order valence-electron chi connectivity index (χ1n) is 10.9. The number of carbonyl (C=O) groups is 2. The second kappa shape index (κ2) is 5.75. The monoisotopic (exact) mass is 413 g/mol. The highest BCUT2D eigenvalue weighted by molar-refractivity contribution is 6.07. The van der Waals surface area contributed by atoms with E-state index < -0.39 is 34.7 Å². The van der Waals surface area contributed by atoms with Crippen LogP contribution in [0.4, 0.5) is 4.79 Å². The molecule has 5 aliphatic rings. The molecule has 0 aromatic heterocycles. The Morgan fingerprint density at radius 2 is 1.97 bits per heavy atom. The van der Waals surface area contributed by atoms with Crippen LogP contribution in [-0.4, -0.2) is 62.4 Å². The van der Waals surface area contributed by atoms with Crippen LogP contribution in [0.2, 0.25) is 0 Å². The Balaban J connectivity index is 1.53. The number of aliphatic hydroxyl groups is 2. The molecule has 1 aromatic rings. The van der Waals surface area contributed by atoms with E-state index in [0.717, 1.165) is 6.54 Å². The third-order valence-electron chi connectivity index (χ3n) is 8.45. The molecule has 1 aromatic carbocycles. The number of aliphatic hydroxyl groups excluding tert-OH is 1. The number of amides is 3. The lowest BCUT2D eigenvalue weighted by atomic mass is 9.46. The van der Waals surface area contributed by atoms with Gasteiger partial charge in [-0.2, -0.15) is 0 Å². The number of carbonyl (C=O) groups excluding carboxylic acids is 2. The molecule has 4 fully saturated rings. The second-order valence-corrected chi connectivity index (χ2v) is 10.0. The van der Waals surface area contributed by atoms with Gasteiger partial charge in [-0.15, -0.1) is 0 Å². The Labute approximate surface area is 174 Å². The third-order valence-corrected chi connectivity index (χ3v) is 8.45. The van der Waals surface area contributed by atoms with Gasteiger partial charge in [0.25, 0.3) is 5.91 Å². The average Bonchev–Trinajstić information content (AvgIpc) is 3.46. The highest BCUT2D eigenvalue weighted by Gasteiger charge is 2.71. The Morgan fingerprint density at radius 1 is 1.17 bits per heavy atom. The van der Waals surface area contributed by atoms with Crippen molar-refractivity contribution < 1.29 is 24.9 Å². The van der Waals surface area contributed by atoms with Gasteiger partial charge in [0.2, 0.25) is 0 Å². The molecule has 2 saturated heterocycles. The van der Waals surface area contributed by atoms with Crippen molar-refractivity contribution in [2.75, 3.05) is 13.1 Å². The molecule has 0 radical (unpaired) electrons. The molecule has 6 rings (SSSR count). The number of nitrogens with one attached hydrogen (secondary N) is 2. The van der Waals surface area contributed by atoms with Crippen LogP contribution in [-0.2, 0) is 10.2 Å². The summed E-state index contributed by atoms with van der Waals surface area (Å²) in [6.45, 7) is 1.55. The maximum atomic E-state index is 12.8. The number of hydrogen-bond donors (Lipinski definition) is 5. The minimum Gasteiger partial charge on any atom is -0.508 e. The lowest BCUT2D eigenvalue weighted by Gasteiger charge is -2.66. The molecule has 2 saturated carbocycles. The molecule has 2 aliphatic heterocycles. The fraction of sp³-hybridized carbons (Fsp3) is 0.636. The molecular formula is C22H27N3O5. The number of likely N-dealkylation sites (tertiary alicyclic amines) is 1. The Hall–Kier alpha value is -2.16. The Kier molecular flexibility index (Phi) is 3.56. The van der Waals surface area contributed by atoms with Crippen LogP contribution in [0.1, 0.15) is 55.8 Å². The number of phenolic OH excluding ortho intramolecular Hbond substituents is 1. The van der Waals surface area contributed by atoms with Crippen LogP contribution in [0.5, 0.6) is 5.75 Å². The highest BCUT2D eigenvalue weighted by Crippen LogP contribution is 2.63. The molecule has 8 nitrogen and oxygen atoms in total. The van der Waals surface area contributed by atoms with Crippen molar-refractivity contribution in [2.45, 2.75) is 67.2 Å². The third kappa shape index (κ3) is 2.22. The van der Waals surface area contributed by atoms with E-state index in [0.29, 0.717) is 42.9 Å². The minimum atomic E-state index is -1.25. The zero-order valence-corrected chi connectivity index (χ0v) is 16.7. The molecular weight excluding hydrogens is 386 g/mol. The summed E-state index contributed by atoms with van der Waals surface area (Å²) in [7, 11) is 0. The van der Waals surface area contributed by atoms with Gasteiger partial charge in [-0.05, 0) is 74.2 Å². The largest absolute Gasteiger partial charge is 0.508 e. The van der Waals surface area contributed by atoms with Crippen LogP contribution >= 0.6 is 0 Å². The van der Waals surface area contributed by atoms with Crippen LogP contribution in [0.3, 0.4) is 0 Å². The number of hydrogen-bond acceptors (Lipinski definition) is 6. The molecule has 2 bridgehead atoms. The van der Waals surface area contributed by atoms with E-state index in [1.54, 1.807) is 18.2 Å². The van der Waals surface area contributed by atoms with Crippen molar-refractivity contribution in [2.24, 2.45) is 5.92 Å². The Morgan fingerprint density at radius 3 is 2.67 bits per heavy atom. The topological polar surface area (TPSA) is 122 Å². The molecule has 3 amide bonds. The van der Waals surface area contributed by atoms with Gasteiger partial charge in [0.05, 0.1) is 17.7 Å². The van der Waals surface area contributed by atoms with Gasteiger partial charge < -0.3 is 20.6 Å². The second-order valence-electron chi connectivity index (χ2n) is 10.0. The van der Waals surface area contributed by atoms with E-state index in [-0.39, 0.29) is 18.1 Å². The number of aromatic hydroxyl groups is 1. The van der Waals surface area contributed by atoms with Crippen molar-refractivity contribution in [3.63, 3.8) is 0 Å². The van der Waals surface area contributed by atoms with Gasteiger partial charge in [-0.25, -0.2) is 4.79 Å². The maximum Gasteiger partial charge on any atom is 0.322 e. The Bertz CT molecular complexity index is 964.